The van der Waals surface area contributed by atoms with Gasteiger partial charge in [0.25, 0.3) is 0 Å². The third kappa shape index (κ3) is 10.5. The van der Waals surface area contributed by atoms with Gasteiger partial charge < -0.3 is 24.3 Å². The van der Waals surface area contributed by atoms with Crippen molar-refractivity contribution in [3.63, 3.8) is 0 Å². The standard InChI is InChI=1S/C8H21N2O5P/c1-9(2)5-6-14-8(7-10(3)4)15-16(11,12)13/h8H,5-7H2,1-4H3,(H2,11,12,13). The van der Waals surface area contributed by atoms with Gasteiger partial charge in [0, 0.05) is 13.1 Å². The third-order valence-electron chi connectivity index (χ3n) is 1.61. The number of ether oxygens (including phenoxy) is 1. The molecule has 0 saturated heterocycles. The van der Waals surface area contributed by atoms with Gasteiger partial charge in [0.1, 0.15) is 0 Å². The van der Waals surface area contributed by atoms with Crippen LogP contribution in [0.25, 0.3) is 0 Å². The summed E-state index contributed by atoms with van der Waals surface area (Å²) in [7, 11) is 2.80. The average Bonchev–Trinajstić information content (AvgIpc) is 1.98. The van der Waals surface area contributed by atoms with Crippen LogP contribution in [0.5, 0.6) is 0 Å². The number of rotatable bonds is 8. The summed E-state index contributed by atoms with van der Waals surface area (Å²) in [6, 6.07) is 0. The van der Waals surface area contributed by atoms with Gasteiger partial charge in [0.2, 0.25) is 0 Å². The van der Waals surface area contributed by atoms with E-state index in [1.165, 1.54) is 0 Å². The molecule has 0 aromatic rings. The molecule has 0 bridgehead atoms. The molecule has 0 spiro atoms. The topological polar surface area (TPSA) is 82.5 Å². The quantitative estimate of drug-likeness (QED) is 0.450. The van der Waals surface area contributed by atoms with E-state index in [0.29, 0.717) is 19.7 Å². The molecule has 2 N–H and O–H groups in total. The van der Waals surface area contributed by atoms with Crippen LogP contribution in [0, 0.1) is 0 Å². The molecule has 0 aliphatic heterocycles. The fourth-order valence-corrected chi connectivity index (χ4v) is 1.37. The first-order valence-corrected chi connectivity index (χ1v) is 6.39. The molecule has 98 valence electrons. The van der Waals surface area contributed by atoms with Crippen LogP contribution in [0.4, 0.5) is 0 Å². The molecule has 16 heavy (non-hydrogen) atoms. The van der Waals surface area contributed by atoms with Gasteiger partial charge in [-0.1, -0.05) is 0 Å². The summed E-state index contributed by atoms with van der Waals surface area (Å²) in [4.78, 5) is 21.0. The molecule has 8 heteroatoms. The summed E-state index contributed by atoms with van der Waals surface area (Å²) in [6.07, 6.45) is -0.921. The van der Waals surface area contributed by atoms with Gasteiger partial charge in [0.15, 0.2) is 6.29 Å². The van der Waals surface area contributed by atoms with E-state index in [4.69, 9.17) is 14.5 Å². The first-order chi connectivity index (χ1) is 7.20. The highest BCUT2D eigenvalue weighted by atomic mass is 31.2. The molecule has 0 aromatic heterocycles. The van der Waals surface area contributed by atoms with Gasteiger partial charge in [-0.3, -0.25) is 4.52 Å². The zero-order valence-electron chi connectivity index (χ0n) is 10.2. The van der Waals surface area contributed by atoms with Crippen molar-refractivity contribution in [2.75, 3.05) is 47.9 Å². The second kappa shape index (κ2) is 7.34. The Kier molecular flexibility index (Phi) is 7.34. The summed E-state index contributed by atoms with van der Waals surface area (Å²) in [6.45, 7) is 1.30. The number of hydrogen-bond donors (Lipinski definition) is 2. The molecule has 0 aliphatic rings. The second-order valence-electron chi connectivity index (χ2n) is 3.96. The van der Waals surface area contributed by atoms with Crippen molar-refractivity contribution in [2.45, 2.75) is 6.29 Å². The SMILES string of the molecule is CN(C)CCOC(CN(C)C)OP(=O)(O)O. The zero-order chi connectivity index (χ0) is 12.8. The van der Waals surface area contributed by atoms with E-state index in [9.17, 15) is 4.57 Å². The highest BCUT2D eigenvalue weighted by Gasteiger charge is 2.23. The Morgan fingerprint density at radius 1 is 1.19 bits per heavy atom. The van der Waals surface area contributed by atoms with Gasteiger partial charge >= 0.3 is 7.82 Å². The van der Waals surface area contributed by atoms with Crippen molar-refractivity contribution in [3.8, 4) is 0 Å². The molecule has 1 atom stereocenters. The Labute approximate surface area is 96.2 Å². The predicted octanol–water partition coefficient (Wildman–Crippen LogP) is -0.438. The van der Waals surface area contributed by atoms with Crippen molar-refractivity contribution in [1.82, 2.24) is 9.80 Å². The van der Waals surface area contributed by atoms with Gasteiger partial charge in [-0.05, 0) is 28.2 Å². The van der Waals surface area contributed by atoms with Crippen LogP contribution in [0.15, 0.2) is 0 Å². The largest absolute Gasteiger partial charge is 0.471 e. The second-order valence-corrected chi connectivity index (χ2v) is 5.15. The van der Waals surface area contributed by atoms with Crippen LogP contribution < -0.4 is 0 Å². The van der Waals surface area contributed by atoms with Crippen LogP contribution in [0.1, 0.15) is 0 Å². The van der Waals surface area contributed by atoms with Gasteiger partial charge in [0.05, 0.1) is 6.61 Å². The van der Waals surface area contributed by atoms with E-state index in [1.807, 2.05) is 19.0 Å². The van der Waals surface area contributed by atoms with Gasteiger partial charge in [-0.2, -0.15) is 0 Å². The smallest absolute Gasteiger partial charge is 0.349 e. The van der Waals surface area contributed by atoms with E-state index in [0.717, 1.165) is 0 Å². The van der Waals surface area contributed by atoms with Crippen LogP contribution in [-0.4, -0.2) is 73.8 Å². The Morgan fingerprint density at radius 3 is 2.12 bits per heavy atom. The molecule has 0 heterocycles. The van der Waals surface area contributed by atoms with E-state index in [-0.39, 0.29) is 0 Å². The average molecular weight is 256 g/mol. The number of phosphoric acid groups is 1. The molecule has 0 fully saturated rings. The summed E-state index contributed by atoms with van der Waals surface area (Å²) < 4.78 is 20.4. The predicted molar refractivity (Wildman–Crippen MR) is 60.0 cm³/mol. The molecule has 0 saturated carbocycles. The molecule has 0 aromatic carbocycles. The zero-order valence-corrected chi connectivity index (χ0v) is 11.1. The maximum Gasteiger partial charge on any atom is 0.471 e. The minimum atomic E-state index is -4.51. The molecule has 1 unspecified atom stereocenters. The van der Waals surface area contributed by atoms with Gasteiger partial charge in [-0.15, -0.1) is 0 Å². The summed E-state index contributed by atoms with van der Waals surface area (Å²) in [5.41, 5.74) is 0. The summed E-state index contributed by atoms with van der Waals surface area (Å²) in [5, 5.41) is 0. The van der Waals surface area contributed by atoms with Crippen molar-refractivity contribution in [1.29, 1.82) is 0 Å². The highest BCUT2D eigenvalue weighted by Crippen LogP contribution is 2.37. The minimum absolute atomic E-state index is 0.290. The Bertz CT molecular complexity index is 230. The molecule has 0 rings (SSSR count). The Morgan fingerprint density at radius 2 is 1.75 bits per heavy atom. The normalized spacial score (nSPS) is 14.8. The maximum atomic E-state index is 10.7. The lowest BCUT2D eigenvalue weighted by molar-refractivity contribution is -0.104. The highest BCUT2D eigenvalue weighted by molar-refractivity contribution is 7.46. The maximum absolute atomic E-state index is 10.7. The van der Waals surface area contributed by atoms with Crippen LogP contribution in [-0.2, 0) is 13.8 Å². The van der Waals surface area contributed by atoms with Crippen LogP contribution in [0.3, 0.4) is 0 Å². The number of hydrogen-bond acceptors (Lipinski definition) is 5. The first kappa shape index (κ1) is 16.0. The van der Waals surface area contributed by atoms with Crippen molar-refractivity contribution in [3.05, 3.63) is 0 Å². The van der Waals surface area contributed by atoms with E-state index >= 15 is 0 Å². The molecule has 0 amide bonds. The van der Waals surface area contributed by atoms with Crippen molar-refractivity contribution >= 4 is 7.82 Å². The fraction of sp³-hybridized carbons (Fsp3) is 1.00. The summed E-state index contributed by atoms with van der Waals surface area (Å²) in [5.74, 6) is 0. The molecule has 0 aliphatic carbocycles. The van der Waals surface area contributed by atoms with Crippen LogP contribution in [0.2, 0.25) is 0 Å². The van der Waals surface area contributed by atoms with Crippen molar-refractivity contribution in [2.24, 2.45) is 0 Å². The van der Waals surface area contributed by atoms with E-state index in [1.54, 1.807) is 19.0 Å². The summed E-state index contributed by atoms with van der Waals surface area (Å²) >= 11 is 0. The molecular weight excluding hydrogens is 235 g/mol. The van der Waals surface area contributed by atoms with E-state index < -0.39 is 14.1 Å². The van der Waals surface area contributed by atoms with E-state index in [2.05, 4.69) is 4.52 Å². The lowest BCUT2D eigenvalue weighted by atomic mass is 10.5. The molecular formula is C8H21N2O5P. The first-order valence-electron chi connectivity index (χ1n) is 4.85. The van der Waals surface area contributed by atoms with Gasteiger partial charge in [-0.25, -0.2) is 4.57 Å². The lowest BCUT2D eigenvalue weighted by Crippen LogP contribution is -2.32. The third-order valence-corrected chi connectivity index (χ3v) is 2.12. The number of likely N-dealkylation sites (N-methyl/N-ethyl adjacent to an activating group) is 2. The Balaban J connectivity index is 4.06. The molecule has 0 radical (unpaired) electrons. The molecule has 7 nitrogen and oxygen atoms in total. The van der Waals surface area contributed by atoms with Crippen LogP contribution >= 0.6 is 7.82 Å². The minimum Gasteiger partial charge on any atom is -0.349 e. The number of phosphoric ester groups is 1. The lowest BCUT2D eigenvalue weighted by Gasteiger charge is -2.22. The van der Waals surface area contributed by atoms with Crippen molar-refractivity contribution < 1.29 is 23.6 Å². The monoisotopic (exact) mass is 256 g/mol. The fourth-order valence-electron chi connectivity index (χ4n) is 0.934. The number of nitrogens with zero attached hydrogens (tertiary/aromatic N) is 2. The Hall–Kier alpha value is -0.0100.